The second kappa shape index (κ2) is 9.49. The van der Waals surface area contributed by atoms with Crippen LogP contribution in [0.1, 0.15) is 39.0 Å². The van der Waals surface area contributed by atoms with E-state index >= 15 is 0 Å². The predicted molar refractivity (Wildman–Crippen MR) is 84.0 cm³/mol. The molecule has 0 aromatic carbocycles. The lowest BCUT2D eigenvalue weighted by atomic mass is 9.81. The highest BCUT2D eigenvalue weighted by molar-refractivity contribution is 7.85. The molecule has 1 N–H and O–H groups in total. The molecule has 1 aliphatic carbocycles. The molecular weight excluding hydrogens is 438 g/mol. The summed E-state index contributed by atoms with van der Waals surface area (Å²) in [5.41, 5.74) is 0. The van der Waals surface area contributed by atoms with Crippen molar-refractivity contribution < 1.29 is 58.4 Å². The maximum atomic E-state index is 12.8. The van der Waals surface area contributed by atoms with Crippen molar-refractivity contribution in [1.82, 2.24) is 0 Å². The minimum atomic E-state index is -5.28. The molecule has 170 valence electrons. The summed E-state index contributed by atoms with van der Waals surface area (Å²) in [5.74, 6) is -7.00. The Bertz CT molecular complexity index is 688. The van der Waals surface area contributed by atoms with Crippen LogP contribution in [0.25, 0.3) is 0 Å². The van der Waals surface area contributed by atoms with E-state index in [1.807, 2.05) is 0 Å². The predicted octanol–water partition coefficient (Wildman–Crippen LogP) is 3.04. The van der Waals surface area contributed by atoms with Gasteiger partial charge < -0.3 is 9.47 Å². The normalized spacial score (nSPS) is 23.2. The first-order valence-corrected chi connectivity index (χ1v) is 10.1. The summed E-state index contributed by atoms with van der Waals surface area (Å²) in [7, 11) is -5.12. The second-order valence-electron chi connectivity index (χ2n) is 6.65. The fraction of sp³-hybridized carbons (Fsp3) is 0.867. The summed E-state index contributed by atoms with van der Waals surface area (Å²) in [6.45, 7) is 1.15. The lowest BCUT2D eigenvalue weighted by Gasteiger charge is -2.29. The van der Waals surface area contributed by atoms with Crippen LogP contribution in [-0.4, -0.2) is 55.2 Å². The van der Waals surface area contributed by atoms with Gasteiger partial charge in [0, 0.05) is 0 Å². The van der Waals surface area contributed by atoms with Crippen LogP contribution in [0.2, 0.25) is 0 Å². The Morgan fingerprint density at radius 3 is 1.72 bits per heavy atom. The van der Waals surface area contributed by atoms with Gasteiger partial charge >= 0.3 is 24.3 Å². The molecule has 4 atom stereocenters. The van der Waals surface area contributed by atoms with Crippen LogP contribution >= 0.6 is 0 Å². The van der Waals surface area contributed by atoms with E-state index in [1.165, 1.54) is 0 Å². The first-order valence-electron chi connectivity index (χ1n) is 8.54. The summed E-state index contributed by atoms with van der Waals surface area (Å²) in [4.78, 5) is 24.0. The molecule has 0 aromatic heterocycles. The van der Waals surface area contributed by atoms with Gasteiger partial charge in [0.2, 0.25) is 6.10 Å². The Morgan fingerprint density at radius 1 is 0.966 bits per heavy atom. The summed E-state index contributed by atoms with van der Waals surface area (Å²) >= 11 is 0. The number of halogens is 6. The number of ether oxygens (including phenoxy) is 2. The number of rotatable bonds is 7. The largest absolute Gasteiger partial charge is 0.452 e. The van der Waals surface area contributed by atoms with Gasteiger partial charge in [-0.15, -0.1) is 0 Å². The van der Waals surface area contributed by atoms with Gasteiger partial charge in [-0.2, -0.15) is 34.8 Å². The fourth-order valence-corrected chi connectivity index (χ4v) is 3.50. The summed E-state index contributed by atoms with van der Waals surface area (Å²) < 4.78 is 115. The third-order valence-corrected chi connectivity index (χ3v) is 5.04. The molecule has 0 amide bonds. The fourth-order valence-electron chi connectivity index (χ4n) is 2.86. The van der Waals surface area contributed by atoms with Crippen LogP contribution in [0.5, 0.6) is 0 Å². The molecule has 0 bridgehead atoms. The maximum absolute atomic E-state index is 12.8. The minimum Gasteiger partial charge on any atom is -0.452 e. The first-order chi connectivity index (χ1) is 13.0. The van der Waals surface area contributed by atoms with Crippen molar-refractivity contribution >= 4 is 22.1 Å². The van der Waals surface area contributed by atoms with E-state index in [0.29, 0.717) is 0 Å². The summed E-state index contributed by atoms with van der Waals surface area (Å²) in [6.07, 6.45) is -16.2. The van der Waals surface area contributed by atoms with E-state index in [4.69, 9.17) is 4.55 Å². The number of carbonyl (C=O) groups is 2. The average molecular weight is 458 g/mol. The lowest BCUT2D eigenvalue weighted by Crippen LogP contribution is -2.42. The molecule has 0 heterocycles. The summed E-state index contributed by atoms with van der Waals surface area (Å²) in [5, 5.41) is 0. The molecule has 1 fully saturated rings. The maximum Gasteiger partial charge on any atom is 0.426 e. The first kappa shape index (κ1) is 25.5. The zero-order valence-corrected chi connectivity index (χ0v) is 15.9. The van der Waals surface area contributed by atoms with Crippen LogP contribution in [0.15, 0.2) is 0 Å². The Kier molecular flexibility index (Phi) is 8.34. The standard InChI is InChI=1S/C15H20F6O7S/c1-2-10(14(16,17)18)27-12(22)8-4-3-5-9(6-8)13(23)28-11(15(19,20)21)7-29(24,25)26/h8-11H,2-7H2,1H3,(H,24,25,26). The molecule has 14 heteroatoms. The van der Waals surface area contributed by atoms with Gasteiger partial charge in [-0.1, -0.05) is 13.3 Å². The number of hydrogen-bond acceptors (Lipinski definition) is 6. The zero-order valence-electron chi connectivity index (χ0n) is 15.1. The third kappa shape index (κ3) is 8.36. The van der Waals surface area contributed by atoms with Gasteiger partial charge in [0.25, 0.3) is 10.1 Å². The third-order valence-electron chi connectivity index (χ3n) is 4.32. The van der Waals surface area contributed by atoms with Crippen molar-refractivity contribution in [2.24, 2.45) is 11.8 Å². The van der Waals surface area contributed by atoms with Gasteiger partial charge in [0.15, 0.2) is 6.10 Å². The molecule has 0 aromatic rings. The SMILES string of the molecule is CCC(OC(=O)C1CCCC(C(=O)OC(CS(=O)(=O)O)C(F)(F)F)C1)C(F)(F)F. The molecule has 29 heavy (non-hydrogen) atoms. The Hall–Kier alpha value is -1.57. The van der Waals surface area contributed by atoms with Crippen molar-refractivity contribution in [1.29, 1.82) is 0 Å². The van der Waals surface area contributed by atoms with Crippen LogP contribution in [0, 0.1) is 11.8 Å². The van der Waals surface area contributed by atoms with Crippen LogP contribution in [0.4, 0.5) is 26.3 Å². The molecule has 0 aliphatic heterocycles. The highest BCUT2D eigenvalue weighted by Crippen LogP contribution is 2.34. The number of alkyl halides is 6. The summed E-state index contributed by atoms with van der Waals surface area (Å²) in [6, 6.07) is 0. The van der Waals surface area contributed by atoms with Crippen molar-refractivity contribution in [3.63, 3.8) is 0 Å². The van der Waals surface area contributed by atoms with Crippen molar-refractivity contribution in [3.05, 3.63) is 0 Å². The van der Waals surface area contributed by atoms with E-state index in [-0.39, 0.29) is 19.3 Å². The van der Waals surface area contributed by atoms with E-state index in [2.05, 4.69) is 9.47 Å². The van der Waals surface area contributed by atoms with Gasteiger partial charge in [-0.25, -0.2) is 0 Å². The highest BCUT2D eigenvalue weighted by Gasteiger charge is 2.47. The monoisotopic (exact) mass is 458 g/mol. The molecule has 0 saturated heterocycles. The molecule has 7 nitrogen and oxygen atoms in total. The molecule has 1 aliphatic rings. The second-order valence-corrected chi connectivity index (χ2v) is 8.15. The van der Waals surface area contributed by atoms with Gasteiger partial charge in [-0.3, -0.25) is 14.1 Å². The van der Waals surface area contributed by atoms with Crippen LogP contribution in [-0.2, 0) is 29.2 Å². The van der Waals surface area contributed by atoms with Gasteiger partial charge in [0.05, 0.1) is 11.8 Å². The molecule has 1 rings (SSSR count). The van der Waals surface area contributed by atoms with Crippen molar-refractivity contribution in [2.45, 2.75) is 63.6 Å². The van der Waals surface area contributed by atoms with Gasteiger partial charge in [0.1, 0.15) is 5.75 Å². The van der Waals surface area contributed by atoms with Crippen molar-refractivity contribution in [3.8, 4) is 0 Å². The van der Waals surface area contributed by atoms with Crippen molar-refractivity contribution in [2.75, 3.05) is 5.75 Å². The molecule has 4 unspecified atom stereocenters. The minimum absolute atomic E-state index is 0.00442. The van der Waals surface area contributed by atoms with E-state index in [9.17, 15) is 44.3 Å². The van der Waals surface area contributed by atoms with E-state index < -0.39 is 77.0 Å². The average Bonchev–Trinajstić information content (AvgIpc) is 2.55. The molecule has 0 radical (unpaired) electrons. The Morgan fingerprint density at radius 2 is 1.38 bits per heavy atom. The number of hydrogen-bond donors (Lipinski definition) is 1. The number of carbonyl (C=O) groups excluding carboxylic acids is 2. The van der Waals surface area contributed by atoms with Crippen LogP contribution in [0.3, 0.4) is 0 Å². The van der Waals surface area contributed by atoms with E-state index in [0.717, 1.165) is 6.92 Å². The molecular formula is C15H20F6O7S. The highest BCUT2D eigenvalue weighted by atomic mass is 32.2. The quantitative estimate of drug-likeness (QED) is 0.355. The molecule has 0 spiro atoms. The van der Waals surface area contributed by atoms with E-state index in [1.54, 1.807) is 0 Å². The van der Waals surface area contributed by atoms with Gasteiger partial charge in [-0.05, 0) is 25.7 Å². The van der Waals surface area contributed by atoms with Crippen LogP contribution < -0.4 is 0 Å². The Balaban J connectivity index is 2.79. The Labute approximate surface area is 162 Å². The number of esters is 2. The smallest absolute Gasteiger partial charge is 0.426 e. The zero-order chi connectivity index (χ0) is 22.6. The molecule has 1 saturated carbocycles. The lowest BCUT2D eigenvalue weighted by molar-refractivity contribution is -0.225. The topological polar surface area (TPSA) is 107 Å².